The van der Waals surface area contributed by atoms with Crippen molar-refractivity contribution in [1.29, 1.82) is 0 Å². The fraction of sp³-hybridized carbons (Fsp3) is 0.722. The predicted molar refractivity (Wildman–Crippen MR) is 125 cm³/mol. The fourth-order valence-corrected chi connectivity index (χ4v) is 4.29. The van der Waals surface area contributed by atoms with Crippen LogP contribution in [0.1, 0.15) is 37.1 Å². The lowest BCUT2D eigenvalue weighted by Crippen LogP contribution is -2.41. The van der Waals surface area contributed by atoms with E-state index in [1.807, 2.05) is 23.1 Å². The Bertz CT molecular complexity index is 507. The van der Waals surface area contributed by atoms with Gasteiger partial charge in [-0.25, -0.2) is 0 Å². The number of rotatable bonds is 9. The van der Waals surface area contributed by atoms with Crippen molar-refractivity contribution < 1.29 is 0 Å². The standard InChI is InChI=1S/C18H32N4S2.HI/c1-4-19-18(20-9-5-6-11-23-3)21-13-15(2)22-10-7-17-16(14-22)8-12-24-17;/h8,12,15H,4-7,9-11,13-14H2,1-3H3,(H2,19,20,21);1H. The summed E-state index contributed by atoms with van der Waals surface area (Å²) in [7, 11) is 0. The maximum Gasteiger partial charge on any atom is 0.191 e. The number of hydrogen-bond acceptors (Lipinski definition) is 4. The van der Waals surface area contributed by atoms with E-state index in [0.29, 0.717) is 6.04 Å². The van der Waals surface area contributed by atoms with E-state index in [-0.39, 0.29) is 24.0 Å². The Morgan fingerprint density at radius 2 is 2.24 bits per heavy atom. The number of thiophene rings is 1. The molecule has 0 amide bonds. The molecule has 1 unspecified atom stereocenters. The van der Waals surface area contributed by atoms with Crippen LogP contribution in [0, 0.1) is 0 Å². The van der Waals surface area contributed by atoms with Crippen LogP contribution in [0.4, 0.5) is 0 Å². The van der Waals surface area contributed by atoms with E-state index >= 15 is 0 Å². The van der Waals surface area contributed by atoms with Crippen LogP contribution in [-0.4, -0.2) is 55.1 Å². The number of unbranched alkanes of at least 4 members (excludes halogenated alkanes) is 1. The lowest BCUT2D eigenvalue weighted by atomic mass is 10.1. The summed E-state index contributed by atoms with van der Waals surface area (Å²) >= 11 is 3.82. The highest BCUT2D eigenvalue weighted by Crippen LogP contribution is 2.25. The minimum absolute atomic E-state index is 0. The summed E-state index contributed by atoms with van der Waals surface area (Å²) in [6, 6.07) is 2.76. The Morgan fingerprint density at radius 1 is 1.40 bits per heavy atom. The average Bonchev–Trinajstić information content (AvgIpc) is 3.06. The third kappa shape index (κ3) is 8.05. The first-order valence-electron chi connectivity index (χ1n) is 9.05. The second-order valence-electron chi connectivity index (χ2n) is 6.28. The van der Waals surface area contributed by atoms with Crippen molar-refractivity contribution >= 4 is 53.0 Å². The highest BCUT2D eigenvalue weighted by atomic mass is 127. The summed E-state index contributed by atoms with van der Waals surface area (Å²) in [5.74, 6) is 2.20. The number of guanidine groups is 1. The van der Waals surface area contributed by atoms with E-state index < -0.39 is 0 Å². The number of halogens is 1. The molecule has 0 aromatic carbocycles. The maximum atomic E-state index is 4.80. The fourth-order valence-electron chi connectivity index (χ4n) is 2.91. The van der Waals surface area contributed by atoms with E-state index in [0.717, 1.165) is 38.7 Å². The summed E-state index contributed by atoms with van der Waals surface area (Å²) in [5.41, 5.74) is 1.51. The predicted octanol–water partition coefficient (Wildman–Crippen LogP) is 3.81. The van der Waals surface area contributed by atoms with Gasteiger partial charge in [0.05, 0.1) is 6.54 Å². The third-order valence-electron chi connectivity index (χ3n) is 4.39. The van der Waals surface area contributed by atoms with Crippen molar-refractivity contribution in [3.63, 3.8) is 0 Å². The van der Waals surface area contributed by atoms with Gasteiger partial charge in [-0.05, 0) is 62.1 Å². The summed E-state index contributed by atoms with van der Waals surface area (Å²) in [5, 5.41) is 9.05. The Balaban J connectivity index is 0.00000312. The number of nitrogens with one attached hydrogen (secondary N) is 2. The zero-order chi connectivity index (χ0) is 17.2. The molecule has 0 bridgehead atoms. The molecule has 0 aliphatic carbocycles. The molecule has 2 N–H and O–H groups in total. The van der Waals surface area contributed by atoms with Crippen molar-refractivity contribution in [2.24, 2.45) is 4.99 Å². The molecule has 1 aromatic rings. The summed E-state index contributed by atoms with van der Waals surface area (Å²) in [4.78, 5) is 8.93. The SMILES string of the molecule is CCNC(=NCC(C)N1CCc2sccc2C1)NCCCCSC.I. The minimum Gasteiger partial charge on any atom is -0.357 e. The van der Waals surface area contributed by atoms with Gasteiger partial charge in [-0.3, -0.25) is 9.89 Å². The van der Waals surface area contributed by atoms with E-state index in [1.165, 1.54) is 30.6 Å². The highest BCUT2D eigenvalue weighted by molar-refractivity contribution is 14.0. The molecular weight excluding hydrogens is 463 g/mol. The molecule has 25 heavy (non-hydrogen) atoms. The molecule has 1 aliphatic heterocycles. The van der Waals surface area contributed by atoms with Gasteiger partial charge in [0, 0.05) is 37.1 Å². The molecule has 0 saturated carbocycles. The lowest BCUT2D eigenvalue weighted by Gasteiger charge is -2.31. The van der Waals surface area contributed by atoms with Crippen LogP contribution in [0.15, 0.2) is 16.4 Å². The topological polar surface area (TPSA) is 39.7 Å². The van der Waals surface area contributed by atoms with Gasteiger partial charge in [0.15, 0.2) is 5.96 Å². The molecule has 0 radical (unpaired) electrons. The zero-order valence-electron chi connectivity index (χ0n) is 15.7. The van der Waals surface area contributed by atoms with Gasteiger partial charge in [0.1, 0.15) is 0 Å². The zero-order valence-corrected chi connectivity index (χ0v) is 19.7. The van der Waals surface area contributed by atoms with Gasteiger partial charge in [0.25, 0.3) is 0 Å². The van der Waals surface area contributed by atoms with Crippen molar-refractivity contribution in [2.75, 3.05) is 38.2 Å². The minimum atomic E-state index is 0. The van der Waals surface area contributed by atoms with Gasteiger partial charge < -0.3 is 10.6 Å². The summed E-state index contributed by atoms with van der Waals surface area (Å²) < 4.78 is 0. The average molecular weight is 497 g/mol. The van der Waals surface area contributed by atoms with Gasteiger partial charge in [-0.15, -0.1) is 35.3 Å². The largest absolute Gasteiger partial charge is 0.357 e. The monoisotopic (exact) mass is 496 g/mol. The van der Waals surface area contributed by atoms with E-state index in [2.05, 4.69) is 47.1 Å². The van der Waals surface area contributed by atoms with Crippen molar-refractivity contribution in [2.45, 2.75) is 45.7 Å². The molecule has 2 rings (SSSR count). The second kappa shape index (κ2) is 13.2. The van der Waals surface area contributed by atoms with Crippen LogP contribution >= 0.6 is 47.1 Å². The van der Waals surface area contributed by atoms with Crippen molar-refractivity contribution in [1.82, 2.24) is 15.5 Å². The van der Waals surface area contributed by atoms with Gasteiger partial charge in [-0.1, -0.05) is 0 Å². The van der Waals surface area contributed by atoms with Gasteiger partial charge in [-0.2, -0.15) is 11.8 Å². The number of nitrogens with zero attached hydrogens (tertiary/aromatic N) is 2. The van der Waals surface area contributed by atoms with E-state index in [9.17, 15) is 0 Å². The molecule has 0 spiro atoms. The third-order valence-corrected chi connectivity index (χ3v) is 6.11. The Morgan fingerprint density at radius 3 is 3.00 bits per heavy atom. The summed E-state index contributed by atoms with van der Waals surface area (Å²) in [6.07, 6.45) is 5.82. The van der Waals surface area contributed by atoms with Crippen LogP contribution in [0.3, 0.4) is 0 Å². The van der Waals surface area contributed by atoms with Crippen molar-refractivity contribution in [3.05, 3.63) is 21.9 Å². The van der Waals surface area contributed by atoms with Gasteiger partial charge >= 0.3 is 0 Å². The first-order chi connectivity index (χ1) is 11.7. The molecule has 144 valence electrons. The van der Waals surface area contributed by atoms with Crippen LogP contribution in [0.5, 0.6) is 0 Å². The number of thioether (sulfide) groups is 1. The molecule has 7 heteroatoms. The Kier molecular flexibility index (Phi) is 12.2. The summed E-state index contributed by atoms with van der Waals surface area (Å²) in [6.45, 7) is 9.41. The molecule has 0 saturated heterocycles. The smallest absolute Gasteiger partial charge is 0.191 e. The van der Waals surface area contributed by atoms with Crippen LogP contribution < -0.4 is 10.6 Å². The molecular formula is C18H33IN4S2. The lowest BCUT2D eigenvalue weighted by molar-refractivity contribution is 0.197. The molecule has 0 fully saturated rings. The van der Waals surface area contributed by atoms with Crippen molar-refractivity contribution in [3.8, 4) is 0 Å². The van der Waals surface area contributed by atoms with Crippen LogP contribution in [0.2, 0.25) is 0 Å². The molecule has 1 aliphatic rings. The molecule has 1 aromatic heterocycles. The first kappa shape index (κ1) is 23.0. The maximum absolute atomic E-state index is 4.80. The quantitative estimate of drug-likeness (QED) is 0.236. The number of hydrogen-bond donors (Lipinski definition) is 2. The Labute approximate surface area is 178 Å². The molecule has 4 nitrogen and oxygen atoms in total. The molecule has 1 atom stereocenters. The van der Waals surface area contributed by atoms with E-state index in [1.54, 1.807) is 4.88 Å². The number of fused-ring (bicyclic) bond motifs is 1. The Hall–Kier alpha value is 0.01000. The second-order valence-corrected chi connectivity index (χ2v) is 8.27. The first-order valence-corrected chi connectivity index (χ1v) is 11.3. The van der Waals surface area contributed by atoms with Crippen LogP contribution in [-0.2, 0) is 13.0 Å². The highest BCUT2D eigenvalue weighted by Gasteiger charge is 2.21. The normalized spacial score (nSPS) is 16.0. The van der Waals surface area contributed by atoms with Gasteiger partial charge in [0.2, 0.25) is 0 Å². The molecule has 2 heterocycles. The van der Waals surface area contributed by atoms with E-state index in [4.69, 9.17) is 4.99 Å². The number of aliphatic imine (C=N–C) groups is 1. The van der Waals surface area contributed by atoms with Crippen LogP contribution in [0.25, 0.3) is 0 Å².